The summed E-state index contributed by atoms with van der Waals surface area (Å²) in [6.07, 6.45) is 9.96. The molecule has 2 fully saturated rings. The molecule has 0 amide bonds. The predicted molar refractivity (Wildman–Crippen MR) is 86.3 cm³/mol. The van der Waals surface area contributed by atoms with Crippen molar-refractivity contribution in [1.29, 1.82) is 0 Å². The monoisotopic (exact) mass is 305 g/mol. The number of thiophene rings is 1. The van der Waals surface area contributed by atoms with Crippen LogP contribution in [0.1, 0.15) is 42.5 Å². The van der Waals surface area contributed by atoms with E-state index in [0.717, 1.165) is 23.9 Å². The van der Waals surface area contributed by atoms with Crippen LogP contribution in [0.15, 0.2) is 17.5 Å². The van der Waals surface area contributed by atoms with E-state index in [0.29, 0.717) is 0 Å². The molecule has 1 aromatic heterocycles. The minimum atomic E-state index is -0.887. The Hall–Kier alpha value is -1.13. The molecule has 114 valence electrons. The van der Waals surface area contributed by atoms with Crippen molar-refractivity contribution in [3.63, 3.8) is 0 Å². The fraction of sp³-hybridized carbons (Fsp3) is 0.588. The molecule has 3 rings (SSSR count). The normalized spacial score (nSPS) is 26.9. The summed E-state index contributed by atoms with van der Waals surface area (Å²) < 4.78 is 0. The summed E-state index contributed by atoms with van der Waals surface area (Å²) in [5, 5.41) is 10.7. The van der Waals surface area contributed by atoms with Crippen LogP contribution in [0, 0.1) is 11.8 Å². The number of carboxylic acids is 1. The van der Waals surface area contributed by atoms with E-state index in [1.54, 1.807) is 17.4 Å². The van der Waals surface area contributed by atoms with E-state index in [4.69, 9.17) is 5.11 Å². The van der Waals surface area contributed by atoms with Gasteiger partial charge >= 0.3 is 5.97 Å². The lowest BCUT2D eigenvalue weighted by Crippen LogP contribution is -2.41. The van der Waals surface area contributed by atoms with Gasteiger partial charge in [0.15, 0.2) is 0 Å². The highest BCUT2D eigenvalue weighted by Gasteiger charge is 2.30. The van der Waals surface area contributed by atoms with Crippen molar-refractivity contribution in [3.05, 3.63) is 28.0 Å². The molecule has 1 aliphatic carbocycles. The molecule has 0 radical (unpaired) electrons. The summed E-state index contributed by atoms with van der Waals surface area (Å²) in [4.78, 5) is 14.5. The van der Waals surface area contributed by atoms with E-state index in [1.807, 2.05) is 5.38 Å². The fourth-order valence-corrected chi connectivity index (χ4v) is 4.67. The molecule has 1 aliphatic heterocycles. The maximum absolute atomic E-state index is 10.5. The number of hydrogen-bond acceptors (Lipinski definition) is 3. The lowest BCUT2D eigenvalue weighted by atomic mass is 9.75. The smallest absolute Gasteiger partial charge is 0.328 e. The van der Waals surface area contributed by atoms with Crippen molar-refractivity contribution < 1.29 is 9.90 Å². The highest BCUT2D eigenvalue weighted by Crippen LogP contribution is 2.36. The van der Waals surface area contributed by atoms with Gasteiger partial charge in [-0.05, 0) is 54.3 Å². The standard InChI is InChI=1S/C17H23NO2S/c19-17(20)6-5-13-9-16(21-12-13)11-18-8-7-14-3-1-2-4-15(14)10-18/h5-6,9,12,14-15H,1-4,7-8,10-11H2,(H,19,20). The van der Waals surface area contributed by atoms with E-state index >= 15 is 0 Å². The maximum atomic E-state index is 10.5. The van der Waals surface area contributed by atoms with E-state index < -0.39 is 5.97 Å². The van der Waals surface area contributed by atoms with Crippen LogP contribution in [0.25, 0.3) is 6.08 Å². The van der Waals surface area contributed by atoms with Gasteiger partial charge in [-0.1, -0.05) is 19.3 Å². The van der Waals surface area contributed by atoms with Gasteiger partial charge in [0.1, 0.15) is 0 Å². The van der Waals surface area contributed by atoms with Crippen LogP contribution in [0.4, 0.5) is 0 Å². The molecule has 2 heterocycles. The first-order valence-corrected chi connectivity index (χ1v) is 8.79. The number of fused-ring (bicyclic) bond motifs is 1. The van der Waals surface area contributed by atoms with Crippen molar-refractivity contribution in [1.82, 2.24) is 4.90 Å². The van der Waals surface area contributed by atoms with E-state index in [1.165, 1.54) is 56.1 Å². The summed E-state index contributed by atoms with van der Waals surface area (Å²) in [7, 11) is 0. The van der Waals surface area contributed by atoms with Crippen molar-refractivity contribution in [2.24, 2.45) is 11.8 Å². The van der Waals surface area contributed by atoms with Gasteiger partial charge in [0.25, 0.3) is 0 Å². The molecule has 4 heteroatoms. The van der Waals surface area contributed by atoms with Crippen LogP contribution in [-0.2, 0) is 11.3 Å². The van der Waals surface area contributed by atoms with Gasteiger partial charge in [-0.3, -0.25) is 4.90 Å². The minimum absolute atomic E-state index is 0.887. The van der Waals surface area contributed by atoms with Crippen LogP contribution >= 0.6 is 11.3 Å². The maximum Gasteiger partial charge on any atom is 0.328 e. The summed E-state index contributed by atoms with van der Waals surface area (Å²) >= 11 is 1.74. The molecule has 21 heavy (non-hydrogen) atoms. The summed E-state index contributed by atoms with van der Waals surface area (Å²) in [5.41, 5.74) is 1.00. The number of likely N-dealkylation sites (tertiary alicyclic amines) is 1. The zero-order chi connectivity index (χ0) is 14.7. The molecule has 1 saturated heterocycles. The van der Waals surface area contributed by atoms with Gasteiger partial charge in [0.2, 0.25) is 0 Å². The molecule has 2 unspecified atom stereocenters. The van der Waals surface area contributed by atoms with Crippen LogP contribution in [0.3, 0.4) is 0 Å². The van der Waals surface area contributed by atoms with Gasteiger partial charge in [0.05, 0.1) is 0 Å². The topological polar surface area (TPSA) is 40.5 Å². The second-order valence-corrected chi connectivity index (χ2v) is 7.34. The van der Waals surface area contributed by atoms with Gasteiger partial charge in [-0.25, -0.2) is 4.79 Å². The van der Waals surface area contributed by atoms with Gasteiger partial charge < -0.3 is 5.11 Å². The zero-order valence-electron chi connectivity index (χ0n) is 12.3. The number of carbonyl (C=O) groups is 1. The van der Waals surface area contributed by atoms with Crippen molar-refractivity contribution in [2.75, 3.05) is 13.1 Å². The second kappa shape index (κ2) is 6.75. The van der Waals surface area contributed by atoms with Gasteiger partial charge in [-0.2, -0.15) is 0 Å². The van der Waals surface area contributed by atoms with Crippen LogP contribution in [0.2, 0.25) is 0 Å². The highest BCUT2D eigenvalue weighted by atomic mass is 32.1. The van der Waals surface area contributed by atoms with Crippen molar-refractivity contribution >= 4 is 23.4 Å². The van der Waals surface area contributed by atoms with E-state index in [-0.39, 0.29) is 0 Å². The molecule has 1 saturated carbocycles. The molecule has 1 N–H and O–H groups in total. The molecular weight excluding hydrogens is 282 g/mol. The average Bonchev–Trinajstić information content (AvgIpc) is 2.92. The Bertz CT molecular complexity index is 523. The lowest BCUT2D eigenvalue weighted by Gasteiger charge is -2.41. The largest absolute Gasteiger partial charge is 0.478 e. The molecular formula is C17H23NO2S. The van der Waals surface area contributed by atoms with Crippen LogP contribution < -0.4 is 0 Å². The molecule has 2 atom stereocenters. The number of piperidine rings is 1. The third kappa shape index (κ3) is 3.95. The van der Waals surface area contributed by atoms with Crippen molar-refractivity contribution in [2.45, 2.75) is 38.6 Å². The second-order valence-electron chi connectivity index (χ2n) is 6.35. The quantitative estimate of drug-likeness (QED) is 0.859. The van der Waals surface area contributed by atoms with E-state index in [9.17, 15) is 4.79 Å². The Balaban J connectivity index is 1.56. The van der Waals surface area contributed by atoms with Gasteiger partial charge in [0, 0.05) is 24.0 Å². The Kier molecular flexibility index (Phi) is 4.76. The lowest BCUT2D eigenvalue weighted by molar-refractivity contribution is -0.131. The molecule has 3 nitrogen and oxygen atoms in total. The van der Waals surface area contributed by atoms with Crippen molar-refractivity contribution in [3.8, 4) is 0 Å². The summed E-state index contributed by atoms with van der Waals surface area (Å²) in [6, 6.07) is 2.12. The number of rotatable bonds is 4. The first-order chi connectivity index (χ1) is 10.2. The third-order valence-corrected chi connectivity index (χ3v) is 5.79. The molecule has 0 spiro atoms. The Morgan fingerprint density at radius 3 is 2.95 bits per heavy atom. The molecule has 2 aliphatic rings. The Morgan fingerprint density at radius 1 is 1.33 bits per heavy atom. The van der Waals surface area contributed by atoms with E-state index in [2.05, 4.69) is 11.0 Å². The summed E-state index contributed by atoms with van der Waals surface area (Å²) in [6.45, 7) is 3.50. The minimum Gasteiger partial charge on any atom is -0.478 e. The third-order valence-electron chi connectivity index (χ3n) is 4.85. The van der Waals surface area contributed by atoms with Crippen LogP contribution in [-0.4, -0.2) is 29.1 Å². The van der Waals surface area contributed by atoms with Crippen LogP contribution in [0.5, 0.6) is 0 Å². The molecule has 0 bridgehead atoms. The number of aliphatic carboxylic acids is 1. The Morgan fingerprint density at radius 2 is 2.14 bits per heavy atom. The number of carboxylic acid groups (broad SMARTS) is 1. The first kappa shape index (κ1) is 14.8. The number of hydrogen-bond donors (Lipinski definition) is 1. The highest BCUT2D eigenvalue weighted by molar-refractivity contribution is 7.10. The average molecular weight is 305 g/mol. The predicted octanol–water partition coefficient (Wildman–Crippen LogP) is 3.86. The molecule has 0 aromatic carbocycles. The number of nitrogens with zero attached hydrogens (tertiary/aromatic N) is 1. The Labute approximate surface area is 130 Å². The first-order valence-electron chi connectivity index (χ1n) is 7.91. The zero-order valence-corrected chi connectivity index (χ0v) is 13.1. The summed E-state index contributed by atoms with van der Waals surface area (Å²) in [5.74, 6) is 1.01. The van der Waals surface area contributed by atoms with Gasteiger partial charge in [-0.15, -0.1) is 11.3 Å². The SMILES string of the molecule is O=C(O)C=Cc1csc(CN2CCC3CCCCC3C2)c1. The fourth-order valence-electron chi connectivity index (χ4n) is 3.78. The molecule has 1 aromatic rings.